The molecule has 674 valence electrons. The molecule has 5 aliphatic rings. The molecule has 3 unspecified atom stereocenters. The Morgan fingerprint density at radius 1 is 0.423 bits per heavy atom. The highest BCUT2D eigenvalue weighted by atomic mass is 35.5. The maximum absolute atomic E-state index is 13.1. The van der Waals surface area contributed by atoms with Gasteiger partial charge < -0.3 is 14.2 Å². The van der Waals surface area contributed by atoms with Gasteiger partial charge in [0.2, 0.25) is 0 Å². The summed E-state index contributed by atoms with van der Waals surface area (Å²) in [6.45, 7) is 13.3. The van der Waals surface area contributed by atoms with Gasteiger partial charge in [0.1, 0.15) is 72.8 Å². The molecule has 13 aromatic rings. The molecule has 23 nitrogen and oxygen atoms in total. The van der Waals surface area contributed by atoms with Gasteiger partial charge >= 0.3 is 62.9 Å². The van der Waals surface area contributed by atoms with Crippen molar-refractivity contribution in [3.63, 3.8) is 0 Å². The van der Waals surface area contributed by atoms with Gasteiger partial charge in [-0.1, -0.05) is 233 Å². The third-order valence-corrected chi connectivity index (χ3v) is 28.2. The number of alkyl halides is 6. The second kappa shape index (κ2) is 38.6. The predicted molar refractivity (Wildman–Crippen MR) is 489 cm³/mol. The number of halogens is 7. The van der Waals surface area contributed by atoms with Crippen molar-refractivity contribution in [2.24, 2.45) is 37.6 Å². The molecule has 0 radical (unpaired) electrons. The molecule has 0 saturated heterocycles. The molecule has 18 rings (SSSR count). The van der Waals surface area contributed by atoms with Gasteiger partial charge in [-0.05, 0) is 173 Å². The number of benzene rings is 13. The Morgan fingerprint density at radius 3 is 1.39 bits per heavy atom. The van der Waals surface area contributed by atoms with Crippen molar-refractivity contribution in [1.82, 2.24) is 0 Å². The van der Waals surface area contributed by atoms with E-state index in [4.69, 9.17) is 38.7 Å². The average molecular weight is 1930 g/mol. The number of thioether (sulfide) groups is 2. The van der Waals surface area contributed by atoms with Crippen molar-refractivity contribution < 1.29 is 104 Å². The zero-order valence-corrected chi connectivity index (χ0v) is 76.4. The van der Waals surface area contributed by atoms with Crippen LogP contribution in [0, 0.1) is 32.6 Å². The maximum atomic E-state index is 13.1. The molecule has 3 atom stereocenters. The number of aryl methyl sites for hydroxylation is 3. The second-order valence-electron chi connectivity index (χ2n) is 30.5. The topological polar surface area (TPSA) is 306 Å². The first-order valence-corrected chi connectivity index (χ1v) is 49.5. The van der Waals surface area contributed by atoms with Gasteiger partial charge in [0.25, 0.3) is 0 Å². The van der Waals surface area contributed by atoms with Crippen LogP contribution in [-0.4, -0.2) is 107 Å². The van der Waals surface area contributed by atoms with Crippen LogP contribution in [0.5, 0.6) is 17.2 Å². The quantitative estimate of drug-likeness (QED) is 0.0680. The SMILES string of the molecule is CC1Oc2ccc3ccccc3c2/C1=N/OS(=O)(=O)c1cc(C(F)(F)F)cc(C(F)(F)F)c1.CS(=O)(=O)O/N=C1\CCSc2ccc(Cl)cc21.Cc1ccc(S(=O)(=O)O/N=C2/c3c(ccc4ccccc34)OC2C(C)C)cc1.Cc1ccc(S(=O)(=O)O/N=C2\COc3ccc4ccccc4c32)cc1.Cc1ccccc1S(=O)(=O)O/N=C1/c2c(ccc3ccccc23)SCC1C. The Labute approximate surface area is 759 Å². The van der Waals surface area contributed by atoms with Crippen LogP contribution in [0.25, 0.3) is 43.1 Å². The van der Waals surface area contributed by atoms with E-state index < -0.39 is 85.1 Å². The molecule has 5 aliphatic heterocycles. The first-order valence-electron chi connectivity index (χ1n) is 39.7. The highest BCUT2D eigenvalue weighted by Crippen LogP contribution is 2.44. The average Bonchev–Trinajstić information content (AvgIpc) is 1.76. The van der Waals surface area contributed by atoms with Crippen LogP contribution in [0.2, 0.25) is 5.02 Å². The third-order valence-electron chi connectivity index (χ3n) is 20.7. The fourth-order valence-electron chi connectivity index (χ4n) is 14.3. The number of ether oxygens (including phenoxy) is 3. The summed E-state index contributed by atoms with van der Waals surface area (Å²) < 4.78 is 242. The minimum Gasteiger partial charge on any atom is -0.486 e. The van der Waals surface area contributed by atoms with E-state index >= 15 is 0 Å². The molecule has 0 bridgehead atoms. The van der Waals surface area contributed by atoms with E-state index in [1.54, 1.807) is 121 Å². The standard InChI is InChI=1S/C22H21NO4S.C21H13F6NO4S.C21H19NO3S2.C19H15NO4S.C10H10ClNO3S2/c1-14(2)22-21(23-27-28(24,25)17-11-8-15(3)9-12-17)20-18-7-5-4-6-16(18)10-13-19(20)26-22;1-11-19(18-16-5-3-2-4-12(16)6-7-17(18)31-11)28-32-33(29,30)15-9-13(20(22,23)24)8-14(10-15)21(25,26)27;1-14-7-3-6-10-19(14)27(23,24)25-22-21-15(2)13-26-18-12-11-16-8-4-5-9-17(16)20(18)21;1-13-6-9-15(10-7-13)25(21,22)24-20-17-12-23-18-11-8-14-4-2-3-5-16(14)19(17)18;1-17(13,14)15-12-9-4-5-16-10-3-2-7(11)6-8(9)10/h4-14,22H,1-3H3;2-11H,1H3;3-12,15H,13H2,1-2H3;2-11H,12H2,1H3;2-3,6H,4-5H2,1H3/b23-21-;28-19+;22-21+;20-17+;12-9+. The van der Waals surface area contributed by atoms with Gasteiger partial charge in [-0.2, -0.15) is 68.4 Å². The highest BCUT2D eigenvalue weighted by Gasteiger charge is 2.41. The lowest BCUT2D eigenvalue weighted by molar-refractivity contribution is -0.143. The molecule has 13 aromatic carbocycles. The van der Waals surface area contributed by atoms with Crippen molar-refractivity contribution in [2.45, 2.75) is 109 Å². The van der Waals surface area contributed by atoms with Crippen LogP contribution in [0.4, 0.5) is 26.3 Å². The Bertz CT molecular complexity index is 7320. The van der Waals surface area contributed by atoms with Crippen LogP contribution in [-0.2, 0) is 84.4 Å². The van der Waals surface area contributed by atoms with Crippen molar-refractivity contribution in [1.29, 1.82) is 0 Å². The van der Waals surface area contributed by atoms with Crippen LogP contribution < -0.4 is 14.2 Å². The van der Waals surface area contributed by atoms with Gasteiger partial charge in [0.05, 0.1) is 45.5 Å². The summed E-state index contributed by atoms with van der Waals surface area (Å²) in [7, 11) is -20.6. The summed E-state index contributed by atoms with van der Waals surface area (Å²) in [6.07, 6.45) is -9.98. The van der Waals surface area contributed by atoms with E-state index in [0.717, 1.165) is 98.6 Å². The Hall–Kier alpha value is -12.0. The van der Waals surface area contributed by atoms with Crippen LogP contribution in [0.15, 0.2) is 310 Å². The lowest BCUT2D eigenvalue weighted by Gasteiger charge is -2.24. The summed E-state index contributed by atoms with van der Waals surface area (Å²) in [6, 6.07) is 71.0. The highest BCUT2D eigenvalue weighted by molar-refractivity contribution is 7.99. The number of hydrogen-bond donors (Lipinski definition) is 0. The first kappa shape index (κ1) is 94.1. The van der Waals surface area contributed by atoms with E-state index in [9.17, 15) is 68.4 Å². The zero-order valence-electron chi connectivity index (χ0n) is 70.0. The maximum Gasteiger partial charge on any atom is 0.416 e. The lowest BCUT2D eigenvalue weighted by Crippen LogP contribution is -2.28. The summed E-state index contributed by atoms with van der Waals surface area (Å²) in [5.41, 5.74) is 5.05. The fourth-order valence-corrected chi connectivity index (χ4v) is 20.0. The van der Waals surface area contributed by atoms with Crippen LogP contribution >= 0.6 is 35.1 Å². The van der Waals surface area contributed by atoms with Gasteiger partial charge in [0.15, 0.2) is 0 Å². The summed E-state index contributed by atoms with van der Waals surface area (Å²) in [5.74, 6) is 3.59. The van der Waals surface area contributed by atoms with Crippen molar-refractivity contribution in [3.8, 4) is 17.2 Å². The molecule has 5 heterocycles. The van der Waals surface area contributed by atoms with E-state index in [2.05, 4.69) is 46.5 Å². The van der Waals surface area contributed by atoms with E-state index in [-0.39, 0.29) is 63.1 Å². The van der Waals surface area contributed by atoms with E-state index in [1.165, 1.54) is 37.3 Å². The predicted octanol–water partition coefficient (Wildman–Crippen LogP) is 21.6. The minimum atomic E-state index is -5.22. The monoisotopic (exact) mass is 1930 g/mol. The number of hydrogen-bond acceptors (Lipinski definition) is 25. The molecule has 0 N–H and O–H groups in total. The summed E-state index contributed by atoms with van der Waals surface area (Å²) in [5, 5.41) is 27.5. The van der Waals surface area contributed by atoms with Gasteiger partial charge in [0, 0.05) is 49.8 Å². The normalized spacial score (nSPS) is 17.4. The molecule has 0 saturated carbocycles. The molecule has 0 amide bonds. The van der Waals surface area contributed by atoms with Crippen molar-refractivity contribution >= 4 is 157 Å². The summed E-state index contributed by atoms with van der Waals surface area (Å²) >= 11 is 9.36. The van der Waals surface area contributed by atoms with E-state index in [0.29, 0.717) is 68.1 Å². The number of oxime groups is 5. The number of rotatable bonds is 15. The molecule has 0 fully saturated rings. The molecular weight excluding hydrogens is 1850 g/mol. The smallest absolute Gasteiger partial charge is 0.416 e. The minimum absolute atomic E-state index is 0.0217. The molecular formula is C93H78ClF6N5O18S7. The second-order valence-corrected chi connectivity index (χ2v) is 40.7. The number of fused-ring (bicyclic) bond motifs is 13. The molecule has 0 spiro atoms. The van der Waals surface area contributed by atoms with Gasteiger partial charge in [-0.15, -0.1) is 23.5 Å². The molecule has 130 heavy (non-hydrogen) atoms. The van der Waals surface area contributed by atoms with Gasteiger partial charge in [-0.3, -0.25) is 21.4 Å². The third kappa shape index (κ3) is 21.7. The Morgan fingerprint density at radius 2 is 0.862 bits per heavy atom. The van der Waals surface area contributed by atoms with Crippen LogP contribution in [0.3, 0.4) is 0 Å². The van der Waals surface area contributed by atoms with Gasteiger partial charge in [-0.25, -0.2) is 0 Å². The molecule has 37 heteroatoms. The molecule has 0 aliphatic carbocycles. The zero-order chi connectivity index (χ0) is 93.0. The largest absolute Gasteiger partial charge is 0.486 e. The Balaban J connectivity index is 0.000000133. The number of nitrogens with zero attached hydrogens (tertiary/aromatic N) is 5. The van der Waals surface area contributed by atoms with E-state index in [1.807, 2.05) is 138 Å². The van der Waals surface area contributed by atoms with Crippen molar-refractivity contribution in [2.75, 3.05) is 24.4 Å². The van der Waals surface area contributed by atoms with Crippen LogP contribution in [0.1, 0.15) is 89.8 Å². The van der Waals surface area contributed by atoms with Crippen molar-refractivity contribution in [3.05, 3.63) is 315 Å². The Kier molecular flexibility index (Phi) is 27.9. The molecule has 0 aromatic heterocycles. The fraction of sp³-hybridized carbons (Fsp3) is 0.194. The summed E-state index contributed by atoms with van der Waals surface area (Å²) in [4.78, 5) is 1.09. The first-order chi connectivity index (χ1) is 61.6. The lowest BCUT2D eigenvalue weighted by atomic mass is 9.94.